The highest BCUT2D eigenvalue weighted by Gasteiger charge is 2.45. The minimum atomic E-state index is -4.94. The third kappa shape index (κ3) is 7.53. The van der Waals surface area contributed by atoms with E-state index < -0.39 is 6.36 Å². The quantitative estimate of drug-likeness (QED) is 0.148. The fraction of sp³-hybridized carbons (Fsp3) is 0.133. The molecule has 11 rings (SSSR count). The van der Waals surface area contributed by atoms with Crippen molar-refractivity contribution in [3.8, 4) is 39.1 Å². The maximum atomic E-state index is 14.7. The lowest BCUT2D eigenvalue weighted by Gasteiger charge is -2.45. The first-order valence-corrected chi connectivity index (χ1v) is 23.0. The van der Waals surface area contributed by atoms with Crippen LogP contribution in [0.1, 0.15) is 41.2 Å². The molecule has 8 aromatic rings. The minimum Gasteiger partial charge on any atom is -0.406 e. The summed E-state index contributed by atoms with van der Waals surface area (Å²) in [6, 6.07) is 58.3. The summed E-state index contributed by atoms with van der Waals surface area (Å²) >= 11 is 0. The molecule has 8 aromatic carbocycles. The Labute approximate surface area is 391 Å². The van der Waals surface area contributed by atoms with E-state index in [1.807, 2.05) is 36.4 Å². The van der Waals surface area contributed by atoms with Crippen molar-refractivity contribution in [1.29, 1.82) is 0 Å². The molecule has 0 amide bonds. The molecule has 0 fully saturated rings. The molecule has 0 N–H and O–H groups in total. The molecule has 1 atom stereocenters. The molecule has 2 heterocycles. The van der Waals surface area contributed by atoms with Crippen LogP contribution in [-0.4, -0.2) is 13.1 Å². The van der Waals surface area contributed by atoms with Crippen molar-refractivity contribution in [2.24, 2.45) is 5.92 Å². The molecule has 2 aliphatic heterocycles. The van der Waals surface area contributed by atoms with Crippen LogP contribution in [0.5, 0.6) is 5.75 Å². The van der Waals surface area contributed by atoms with Crippen LogP contribution >= 0.6 is 0 Å². The van der Waals surface area contributed by atoms with Crippen LogP contribution in [0.2, 0.25) is 0 Å². The summed E-state index contributed by atoms with van der Waals surface area (Å²) in [7, 11) is 0. The fourth-order valence-electron chi connectivity index (χ4n) is 10.8. The third-order valence-corrected chi connectivity index (χ3v) is 13.8. The van der Waals surface area contributed by atoms with E-state index in [9.17, 15) is 13.2 Å². The normalized spacial score (nSPS) is 15.0. The number of nitrogens with zero attached hydrogens (tertiary/aromatic N) is 2. The van der Waals surface area contributed by atoms with Gasteiger partial charge in [0.15, 0.2) is 0 Å². The van der Waals surface area contributed by atoms with Crippen LogP contribution in [0.15, 0.2) is 188 Å². The van der Waals surface area contributed by atoms with Gasteiger partial charge in [0.05, 0.1) is 0 Å². The Morgan fingerprint density at radius 3 is 1.51 bits per heavy atom. The van der Waals surface area contributed by atoms with Crippen molar-refractivity contribution in [2.75, 3.05) is 9.80 Å². The van der Waals surface area contributed by atoms with E-state index in [0.717, 1.165) is 101 Å². The molecule has 328 valence electrons. The van der Waals surface area contributed by atoms with Gasteiger partial charge in [-0.25, -0.2) is 0 Å². The average Bonchev–Trinajstić information content (AvgIpc) is 3.31. The van der Waals surface area contributed by atoms with Gasteiger partial charge in [-0.3, -0.25) is 0 Å². The number of hydrogen-bond acceptors (Lipinski definition) is 3. The van der Waals surface area contributed by atoms with Crippen LogP contribution in [0.25, 0.3) is 39.0 Å². The predicted molar refractivity (Wildman–Crippen MR) is 273 cm³/mol. The molecule has 0 spiro atoms. The van der Waals surface area contributed by atoms with E-state index in [-0.39, 0.29) is 18.4 Å². The predicted octanol–water partition coefficient (Wildman–Crippen LogP) is 14.6. The van der Waals surface area contributed by atoms with E-state index in [4.69, 9.17) is 4.74 Å². The maximum Gasteiger partial charge on any atom is 0.573 e. The monoisotopic (exact) mass is 880 g/mol. The van der Waals surface area contributed by atoms with Crippen molar-refractivity contribution in [3.05, 3.63) is 216 Å². The first kappa shape index (κ1) is 42.2. The molecular weight excluding hydrogens is 832 g/mol. The number of ether oxygens (including phenoxy) is 1. The van der Waals surface area contributed by atoms with Gasteiger partial charge in [-0.1, -0.05) is 146 Å². The SMILES string of the molecule is Cc1ccccc1C1=CC(N2c3cc(-c4ccccc4C)ccc3B3c4ccc(-c5ccccc5C)cc4N(c4cccc(-c5ccccc5C)c4)c4cc(OC(F)(F)F)cc2c43)=CC(C)C1. The zero-order chi connectivity index (χ0) is 46.1. The highest BCUT2D eigenvalue weighted by atomic mass is 19.4. The number of aryl methyl sites for hydroxylation is 4. The number of hydrogen-bond donors (Lipinski definition) is 0. The third-order valence-electron chi connectivity index (χ3n) is 13.8. The molecule has 7 heteroatoms. The first-order chi connectivity index (χ1) is 32.4. The van der Waals surface area contributed by atoms with E-state index in [1.165, 1.54) is 11.1 Å². The molecule has 0 bridgehead atoms. The topological polar surface area (TPSA) is 15.7 Å². The zero-order valence-corrected chi connectivity index (χ0v) is 38.1. The maximum absolute atomic E-state index is 14.7. The molecule has 1 unspecified atom stereocenters. The van der Waals surface area contributed by atoms with Gasteiger partial charge in [-0.05, 0) is 154 Å². The van der Waals surface area contributed by atoms with Gasteiger partial charge in [0.1, 0.15) is 5.75 Å². The Hall–Kier alpha value is -7.51. The second kappa shape index (κ2) is 16.4. The Balaban J connectivity index is 1.23. The van der Waals surface area contributed by atoms with Gasteiger partial charge in [0, 0.05) is 46.3 Å². The highest BCUT2D eigenvalue weighted by molar-refractivity contribution is 7.00. The Morgan fingerprint density at radius 1 is 0.507 bits per heavy atom. The van der Waals surface area contributed by atoms with Crippen LogP contribution < -0.4 is 30.9 Å². The van der Waals surface area contributed by atoms with Crippen LogP contribution in [0.4, 0.5) is 41.6 Å². The summed E-state index contributed by atoms with van der Waals surface area (Å²) in [5, 5.41) is 0. The van der Waals surface area contributed by atoms with Crippen LogP contribution in [0, 0.1) is 33.6 Å². The summed E-state index contributed by atoms with van der Waals surface area (Å²) < 4.78 is 49.3. The molecule has 0 saturated carbocycles. The molecule has 3 aliphatic rings. The second-order valence-electron chi connectivity index (χ2n) is 18.3. The van der Waals surface area contributed by atoms with Gasteiger partial charge >= 0.3 is 6.36 Å². The van der Waals surface area contributed by atoms with Crippen molar-refractivity contribution in [2.45, 2.75) is 47.4 Å². The van der Waals surface area contributed by atoms with Gasteiger partial charge in [0.25, 0.3) is 6.71 Å². The second-order valence-corrected chi connectivity index (χ2v) is 18.3. The molecule has 0 aromatic heterocycles. The molecule has 0 radical (unpaired) electrons. The van der Waals surface area contributed by atoms with Crippen LogP contribution in [-0.2, 0) is 0 Å². The Bertz CT molecular complexity index is 3350. The van der Waals surface area contributed by atoms with Crippen LogP contribution in [0.3, 0.4) is 0 Å². The Kier molecular flexibility index (Phi) is 10.3. The van der Waals surface area contributed by atoms with Gasteiger partial charge in [-0.15, -0.1) is 13.2 Å². The van der Waals surface area contributed by atoms with E-state index in [2.05, 4.69) is 178 Å². The number of allylic oxidation sites excluding steroid dienone is 3. The summed E-state index contributed by atoms with van der Waals surface area (Å²) in [6.45, 7) is 10.3. The molecule has 1 aliphatic carbocycles. The van der Waals surface area contributed by atoms with Crippen molar-refractivity contribution < 1.29 is 17.9 Å². The van der Waals surface area contributed by atoms with Gasteiger partial charge in [0.2, 0.25) is 0 Å². The van der Waals surface area contributed by atoms with Gasteiger partial charge < -0.3 is 14.5 Å². The number of fused-ring (bicyclic) bond motifs is 4. The summed E-state index contributed by atoms with van der Waals surface area (Å²) in [4.78, 5) is 4.37. The van der Waals surface area contributed by atoms with Crippen molar-refractivity contribution in [1.82, 2.24) is 0 Å². The van der Waals surface area contributed by atoms with Crippen molar-refractivity contribution in [3.63, 3.8) is 0 Å². The zero-order valence-electron chi connectivity index (χ0n) is 38.1. The van der Waals surface area contributed by atoms with Crippen molar-refractivity contribution >= 4 is 57.1 Å². The highest BCUT2D eigenvalue weighted by Crippen LogP contribution is 2.48. The summed E-state index contributed by atoms with van der Waals surface area (Å²) in [5.41, 5.74) is 21.1. The van der Waals surface area contributed by atoms with E-state index >= 15 is 0 Å². The Morgan fingerprint density at radius 2 is 0.985 bits per heavy atom. The van der Waals surface area contributed by atoms with E-state index in [1.54, 1.807) is 12.1 Å². The fourth-order valence-corrected chi connectivity index (χ4v) is 10.8. The lowest BCUT2D eigenvalue weighted by Crippen LogP contribution is -2.61. The molecule has 67 heavy (non-hydrogen) atoms. The number of anilines is 5. The number of alkyl halides is 3. The summed E-state index contributed by atoms with van der Waals surface area (Å²) in [5.74, 6) is -0.142. The standard InChI is InChI=1S/C60H48BF3N2O/c1-37-29-45(52-24-13-9-18-41(52)5)32-47(30-37)66-56-34-44(51-23-12-8-17-40(51)4)26-28-54(56)61-53-27-25-43(50-22-11-7-16-39(50)3)33-55(53)65(57-35-48(67-60(62,63)64)36-58(66)59(57)61)46-20-14-19-42(31-46)49-21-10-6-15-38(49)2/h6-28,30-37H,29H2,1-5H3. The minimum absolute atomic E-state index is 0.141. The molecule has 0 saturated heterocycles. The van der Waals surface area contributed by atoms with Gasteiger partial charge in [-0.2, -0.15) is 0 Å². The lowest BCUT2D eigenvalue weighted by atomic mass is 9.33. The average molecular weight is 881 g/mol. The van der Waals surface area contributed by atoms with E-state index in [0.29, 0.717) is 11.4 Å². The number of benzene rings is 8. The smallest absolute Gasteiger partial charge is 0.406 e. The largest absolute Gasteiger partial charge is 0.573 e. The summed E-state index contributed by atoms with van der Waals surface area (Å²) in [6.07, 6.45) is 0.403. The number of rotatable bonds is 7. The lowest BCUT2D eigenvalue weighted by molar-refractivity contribution is -0.274. The molecular formula is C60H48BF3N2O. The number of halogens is 3. The molecule has 3 nitrogen and oxygen atoms in total. The first-order valence-electron chi connectivity index (χ1n) is 23.0.